The lowest BCUT2D eigenvalue weighted by atomic mass is 9.33. The van der Waals surface area contributed by atoms with Crippen LogP contribution in [0.3, 0.4) is 0 Å². The Morgan fingerprint density at radius 3 is 1.65 bits per heavy atom. The zero-order valence-corrected chi connectivity index (χ0v) is 46.7. The highest BCUT2D eigenvalue weighted by Crippen LogP contribution is 2.61. The van der Waals surface area contributed by atoms with Crippen LogP contribution in [0.4, 0.5) is 51.2 Å². The van der Waals surface area contributed by atoms with E-state index in [9.17, 15) is 0 Å². The first-order chi connectivity index (χ1) is 40.0. The molecule has 1 aromatic heterocycles. The average molecular weight is 1070 g/mol. The minimum Gasteiger partial charge on any atom is -0.311 e. The molecule has 0 radical (unpaired) electrons. The summed E-state index contributed by atoms with van der Waals surface area (Å²) in [4.78, 5) is 7.87. The molecule has 3 nitrogen and oxygen atoms in total. The quantitative estimate of drug-likeness (QED) is 0.147. The summed E-state index contributed by atoms with van der Waals surface area (Å²) >= 11 is 1.89. The first kappa shape index (κ1) is 46.5. The zero-order valence-electron chi connectivity index (χ0n) is 44.9. The van der Waals surface area contributed by atoms with E-state index < -0.39 is 13.5 Å². The van der Waals surface area contributed by atoms with E-state index in [1.54, 1.807) is 0 Å². The van der Waals surface area contributed by atoms with Crippen molar-refractivity contribution in [2.24, 2.45) is 0 Å². The molecule has 13 aromatic rings. The van der Waals surface area contributed by atoms with Crippen LogP contribution in [0.5, 0.6) is 0 Å². The molecule has 4 heterocycles. The molecule has 3 aliphatic heterocycles. The number of anilines is 9. The maximum absolute atomic E-state index is 2.66. The lowest BCUT2D eigenvalue weighted by molar-refractivity contribution is 0.768. The van der Waals surface area contributed by atoms with Gasteiger partial charge in [0, 0.05) is 65.4 Å². The number of hydrogen-bond donors (Lipinski definition) is 0. The number of hydrogen-bond acceptors (Lipinski definition) is 4. The molecule has 0 spiro atoms. The molecule has 81 heavy (non-hydrogen) atoms. The highest BCUT2D eigenvalue weighted by atomic mass is 32.1. The van der Waals surface area contributed by atoms with Crippen molar-refractivity contribution in [3.8, 4) is 22.3 Å². The van der Waals surface area contributed by atoms with Crippen LogP contribution in [-0.4, -0.2) is 14.8 Å². The third kappa shape index (κ3) is 6.40. The molecule has 380 valence electrons. The number of nitrogens with zero attached hydrogens (tertiary/aromatic N) is 3. The van der Waals surface area contributed by atoms with Crippen molar-refractivity contribution in [2.45, 2.75) is 18.5 Å². The largest absolute Gasteiger partial charge is 0.311 e. The van der Waals surface area contributed by atoms with Crippen molar-refractivity contribution >= 4 is 124 Å². The number of para-hydroxylation sites is 3. The maximum atomic E-state index is 2.66. The Kier molecular flexibility index (Phi) is 10.0. The predicted octanol–water partition coefficient (Wildman–Crippen LogP) is 16.8. The van der Waals surface area contributed by atoms with Crippen LogP contribution in [0.2, 0.25) is 13.1 Å². The van der Waals surface area contributed by atoms with Crippen LogP contribution in [0, 0.1) is 0 Å². The summed E-state index contributed by atoms with van der Waals surface area (Å²) < 4.78 is 2.58. The Labute approximate surface area is 478 Å². The van der Waals surface area contributed by atoms with Gasteiger partial charge in [0.25, 0.3) is 6.71 Å². The van der Waals surface area contributed by atoms with Crippen molar-refractivity contribution in [1.82, 2.24) is 0 Å². The van der Waals surface area contributed by atoms with Gasteiger partial charge in [0.05, 0.1) is 22.5 Å². The third-order valence-electron chi connectivity index (χ3n) is 18.3. The monoisotopic (exact) mass is 1070 g/mol. The Balaban J connectivity index is 1.05. The van der Waals surface area contributed by atoms with Crippen LogP contribution in [0.25, 0.3) is 42.4 Å². The Hall–Kier alpha value is -9.46. The molecule has 0 saturated carbocycles. The van der Waals surface area contributed by atoms with E-state index in [0.717, 1.165) is 22.7 Å². The maximum Gasteiger partial charge on any atom is 0.252 e. The van der Waals surface area contributed by atoms with E-state index in [2.05, 4.69) is 307 Å². The number of rotatable bonds is 7. The van der Waals surface area contributed by atoms with Crippen LogP contribution >= 0.6 is 11.3 Å². The summed E-state index contributed by atoms with van der Waals surface area (Å²) in [5.41, 5.74) is 24.1. The summed E-state index contributed by atoms with van der Waals surface area (Å²) in [6, 6.07) is 106. The summed E-state index contributed by atoms with van der Waals surface area (Å²) in [7, 11) is -2.08. The fourth-order valence-corrected chi connectivity index (χ4v) is 19.2. The average Bonchev–Trinajstić information content (AvgIpc) is 3.69. The Morgan fingerprint density at radius 1 is 0.420 bits per heavy atom. The van der Waals surface area contributed by atoms with Gasteiger partial charge in [-0.25, -0.2) is 0 Å². The standard InChI is InChI=1S/C75H52BN3SSi/c1-81(2)67-41-23-20-37-57(67)70-62(39-24-42-68(70)81)77(51-29-12-5-13-30-51)54-47-63-72-64(48-54)79(53-33-16-7-17-34-53)74-61(45-46-66-71(74)56-36-19-22-40-65(56)80-66)76(72)60-44-43-59-69(73(60)78(63)52-31-14-6-15-32-52)55-35-18-21-38-58(55)75(59,49-25-8-3-9-26-49)50-27-10-4-11-28-50/h3-48H,1-2H3. The third-order valence-corrected chi connectivity index (χ3v) is 22.9. The molecular formula is C75H52BN3SSi. The second kappa shape index (κ2) is 17.5. The van der Waals surface area contributed by atoms with Gasteiger partial charge in [-0.1, -0.05) is 225 Å². The molecule has 0 unspecified atom stereocenters. The Bertz CT molecular complexity index is 4660. The molecule has 0 N–H and O–H groups in total. The van der Waals surface area contributed by atoms with Gasteiger partial charge in [-0.2, -0.15) is 0 Å². The smallest absolute Gasteiger partial charge is 0.252 e. The van der Waals surface area contributed by atoms with Crippen molar-refractivity contribution in [1.29, 1.82) is 0 Å². The molecule has 0 fully saturated rings. The highest BCUT2D eigenvalue weighted by molar-refractivity contribution is 7.26. The normalized spacial score (nSPS) is 14.4. The van der Waals surface area contributed by atoms with Gasteiger partial charge >= 0.3 is 0 Å². The lowest BCUT2D eigenvalue weighted by Gasteiger charge is -2.46. The summed E-state index contributed by atoms with van der Waals surface area (Å²) in [5, 5.41) is 5.55. The molecule has 0 bridgehead atoms. The van der Waals surface area contributed by atoms with E-state index in [4.69, 9.17) is 0 Å². The number of thiophene rings is 1. The fourth-order valence-electron chi connectivity index (χ4n) is 15.0. The van der Waals surface area contributed by atoms with Gasteiger partial charge in [-0.3, -0.25) is 0 Å². The van der Waals surface area contributed by atoms with Gasteiger partial charge in [0.15, 0.2) is 0 Å². The van der Waals surface area contributed by atoms with Gasteiger partial charge in [-0.05, 0) is 127 Å². The van der Waals surface area contributed by atoms with Gasteiger partial charge in [-0.15, -0.1) is 11.3 Å². The number of benzene rings is 12. The molecule has 4 aliphatic rings. The molecule has 6 heteroatoms. The second-order valence-electron chi connectivity index (χ2n) is 22.6. The minimum absolute atomic E-state index is 0.136. The van der Waals surface area contributed by atoms with Crippen LogP contribution in [0.1, 0.15) is 22.3 Å². The second-order valence-corrected chi connectivity index (χ2v) is 28.1. The summed E-state index contributed by atoms with van der Waals surface area (Å²) in [6.45, 7) is 4.91. The van der Waals surface area contributed by atoms with E-state index in [0.29, 0.717) is 0 Å². The van der Waals surface area contributed by atoms with E-state index in [-0.39, 0.29) is 6.71 Å². The van der Waals surface area contributed by atoms with Crippen LogP contribution < -0.4 is 41.5 Å². The molecule has 0 atom stereocenters. The van der Waals surface area contributed by atoms with Gasteiger partial charge in [0.1, 0.15) is 8.07 Å². The first-order valence-electron chi connectivity index (χ1n) is 28.3. The van der Waals surface area contributed by atoms with Gasteiger partial charge < -0.3 is 14.7 Å². The Morgan fingerprint density at radius 2 is 0.963 bits per heavy atom. The van der Waals surface area contributed by atoms with E-state index in [1.807, 2.05) is 11.3 Å². The van der Waals surface area contributed by atoms with Crippen molar-refractivity contribution < 1.29 is 0 Å². The van der Waals surface area contributed by atoms with Crippen molar-refractivity contribution in [3.05, 3.63) is 301 Å². The topological polar surface area (TPSA) is 9.72 Å². The SMILES string of the molecule is C[Si]1(C)c2ccccc2-c2c(N(c3ccccc3)c3cc4c5c(c3)N(c3ccccc3)c3c(ccc6sc7ccccc7c36)B5c3ccc5c(c3N4c3ccccc3)-c3ccccc3C5(c3ccccc3)c3ccccc3)cccc21. The van der Waals surface area contributed by atoms with Crippen LogP contribution in [-0.2, 0) is 5.41 Å². The van der Waals surface area contributed by atoms with Gasteiger partial charge in [0.2, 0.25) is 0 Å². The van der Waals surface area contributed by atoms with E-state index >= 15 is 0 Å². The molecular weight excluding hydrogens is 1010 g/mol. The highest BCUT2D eigenvalue weighted by Gasteiger charge is 2.52. The fraction of sp³-hybridized carbons (Fsp3) is 0.0400. The zero-order chi connectivity index (χ0) is 53.6. The predicted molar refractivity (Wildman–Crippen MR) is 348 cm³/mol. The molecule has 0 amide bonds. The lowest BCUT2D eigenvalue weighted by Crippen LogP contribution is -2.61. The van der Waals surface area contributed by atoms with Crippen LogP contribution in [0.15, 0.2) is 279 Å². The minimum atomic E-state index is -2.08. The first-order valence-corrected chi connectivity index (χ1v) is 32.1. The van der Waals surface area contributed by atoms with Crippen molar-refractivity contribution in [3.63, 3.8) is 0 Å². The molecule has 1 aliphatic carbocycles. The summed E-state index contributed by atoms with van der Waals surface area (Å²) in [5.74, 6) is 0. The van der Waals surface area contributed by atoms with E-state index in [1.165, 1.54) is 120 Å². The number of fused-ring (bicyclic) bond motifs is 15. The molecule has 0 saturated heterocycles. The molecule has 17 rings (SSSR count). The molecule has 12 aromatic carbocycles. The van der Waals surface area contributed by atoms with Crippen molar-refractivity contribution in [2.75, 3.05) is 14.7 Å². The summed E-state index contributed by atoms with van der Waals surface area (Å²) in [6.07, 6.45) is 0.